The first kappa shape index (κ1) is 14.8. The summed E-state index contributed by atoms with van der Waals surface area (Å²) >= 11 is 12.7. The molecule has 22 heavy (non-hydrogen) atoms. The minimum Gasteiger partial charge on any atom is -0.420 e. The van der Waals surface area contributed by atoms with Gasteiger partial charge in [-0.15, -0.1) is 5.10 Å². The summed E-state index contributed by atoms with van der Waals surface area (Å²) in [5, 5.41) is 17.5. The molecule has 2 aromatic rings. The Labute approximate surface area is 137 Å². The van der Waals surface area contributed by atoms with E-state index in [-0.39, 0.29) is 11.5 Å². The van der Waals surface area contributed by atoms with E-state index in [4.69, 9.17) is 33.7 Å². The lowest BCUT2D eigenvalue weighted by molar-refractivity contribution is 0.378. The van der Waals surface area contributed by atoms with E-state index in [1.807, 2.05) is 6.92 Å². The van der Waals surface area contributed by atoms with Gasteiger partial charge in [0.2, 0.25) is 11.8 Å². The fourth-order valence-corrected chi connectivity index (χ4v) is 3.27. The summed E-state index contributed by atoms with van der Waals surface area (Å²) in [4.78, 5) is 0. The number of benzene rings is 1. The Morgan fingerprint density at radius 3 is 2.64 bits per heavy atom. The predicted molar refractivity (Wildman–Crippen MR) is 83.7 cm³/mol. The van der Waals surface area contributed by atoms with E-state index in [1.165, 1.54) is 0 Å². The number of rotatable bonds is 2. The number of fused-ring (bicyclic) bond motifs is 1. The van der Waals surface area contributed by atoms with Gasteiger partial charge in [-0.3, -0.25) is 5.10 Å². The molecule has 5 nitrogen and oxygen atoms in total. The molecule has 2 heterocycles. The summed E-state index contributed by atoms with van der Waals surface area (Å²) in [6.07, 6.45) is 0.697. The molecule has 1 aromatic heterocycles. The van der Waals surface area contributed by atoms with Crippen molar-refractivity contribution in [3.63, 3.8) is 0 Å². The third kappa shape index (κ3) is 2.12. The summed E-state index contributed by atoms with van der Waals surface area (Å²) < 4.78 is 5.46. The summed E-state index contributed by atoms with van der Waals surface area (Å²) in [7, 11) is 0. The highest BCUT2D eigenvalue weighted by Crippen LogP contribution is 2.46. The molecule has 3 rings (SSSR count). The molecule has 3 N–H and O–H groups in total. The first-order valence-electron chi connectivity index (χ1n) is 6.67. The van der Waals surface area contributed by atoms with Gasteiger partial charge in [0, 0.05) is 21.3 Å². The maximum atomic E-state index is 9.52. The molecule has 1 atom stereocenters. The van der Waals surface area contributed by atoms with Crippen LogP contribution in [0.5, 0.6) is 5.88 Å². The number of nitrogens with zero attached hydrogens (tertiary/aromatic N) is 2. The molecule has 0 saturated carbocycles. The van der Waals surface area contributed by atoms with Crippen molar-refractivity contribution >= 4 is 23.2 Å². The molecule has 1 aromatic carbocycles. The third-order valence-electron chi connectivity index (χ3n) is 3.66. The van der Waals surface area contributed by atoms with Crippen LogP contribution >= 0.6 is 23.2 Å². The Morgan fingerprint density at radius 1 is 1.36 bits per heavy atom. The second-order valence-corrected chi connectivity index (χ2v) is 5.65. The van der Waals surface area contributed by atoms with Crippen LogP contribution in [0.1, 0.15) is 29.7 Å². The van der Waals surface area contributed by atoms with Crippen molar-refractivity contribution in [1.29, 1.82) is 5.26 Å². The fourth-order valence-electron chi connectivity index (χ4n) is 2.65. The summed E-state index contributed by atoms with van der Waals surface area (Å²) in [5.74, 6) is -0.122. The summed E-state index contributed by atoms with van der Waals surface area (Å²) in [5.41, 5.74) is 8.40. The van der Waals surface area contributed by atoms with E-state index in [2.05, 4.69) is 16.3 Å². The zero-order valence-electron chi connectivity index (χ0n) is 11.7. The van der Waals surface area contributed by atoms with Gasteiger partial charge in [-0.05, 0) is 18.6 Å². The van der Waals surface area contributed by atoms with Crippen LogP contribution in [0.3, 0.4) is 0 Å². The van der Waals surface area contributed by atoms with Gasteiger partial charge in [-0.2, -0.15) is 5.26 Å². The summed E-state index contributed by atoms with van der Waals surface area (Å²) in [6.45, 7) is 1.98. The highest BCUT2D eigenvalue weighted by molar-refractivity contribution is 6.36. The quantitative estimate of drug-likeness (QED) is 0.879. The average molecular weight is 335 g/mol. The van der Waals surface area contributed by atoms with Gasteiger partial charge in [0.15, 0.2) is 0 Å². The van der Waals surface area contributed by atoms with E-state index in [9.17, 15) is 5.26 Å². The number of nitriles is 1. The van der Waals surface area contributed by atoms with Gasteiger partial charge < -0.3 is 10.5 Å². The molecule has 0 radical (unpaired) electrons. The predicted octanol–water partition coefficient (Wildman–Crippen LogP) is 3.50. The van der Waals surface area contributed by atoms with Gasteiger partial charge in [0.1, 0.15) is 11.6 Å². The molecule has 7 heteroatoms. The molecular formula is C15H12Cl2N4O. The zero-order chi connectivity index (χ0) is 15.9. The SMILES string of the molecule is CCc1[nH]nc2c1[C@@H](c1c(Cl)cccc1Cl)C(C#N)=C(N)O2. The number of aromatic amines is 1. The maximum absolute atomic E-state index is 9.52. The third-order valence-corrected chi connectivity index (χ3v) is 4.32. The molecule has 0 spiro atoms. The number of nitrogens with one attached hydrogen (secondary N) is 1. The molecule has 1 aliphatic rings. The van der Waals surface area contributed by atoms with E-state index in [1.54, 1.807) is 18.2 Å². The Morgan fingerprint density at radius 2 is 2.05 bits per heavy atom. The molecule has 1 aliphatic heterocycles. The molecule has 0 unspecified atom stereocenters. The monoisotopic (exact) mass is 334 g/mol. The van der Waals surface area contributed by atoms with E-state index >= 15 is 0 Å². The molecular weight excluding hydrogens is 323 g/mol. The number of aromatic nitrogens is 2. The number of ether oxygens (including phenoxy) is 1. The van der Waals surface area contributed by atoms with Crippen molar-refractivity contribution in [2.24, 2.45) is 5.73 Å². The first-order valence-corrected chi connectivity index (χ1v) is 7.42. The van der Waals surface area contributed by atoms with Gasteiger partial charge in [-0.25, -0.2) is 0 Å². The molecule has 112 valence electrons. The van der Waals surface area contributed by atoms with Crippen LogP contribution in [0.25, 0.3) is 0 Å². The van der Waals surface area contributed by atoms with Crippen molar-refractivity contribution in [1.82, 2.24) is 10.2 Å². The van der Waals surface area contributed by atoms with Crippen molar-refractivity contribution in [3.8, 4) is 11.9 Å². The topological polar surface area (TPSA) is 87.7 Å². The standard InChI is InChI=1S/C15H12Cl2N4O/c1-2-10-13-11(12-8(16)4-3-5-9(12)17)7(6-18)14(19)22-15(13)21-20-10/h3-5,11H,2,19H2,1H3,(H,20,21)/t11-/m1/s1. The van der Waals surface area contributed by atoms with Crippen LogP contribution in [-0.2, 0) is 6.42 Å². The van der Waals surface area contributed by atoms with Crippen LogP contribution in [0, 0.1) is 11.3 Å². The normalized spacial score (nSPS) is 16.9. The molecule has 0 saturated heterocycles. The highest BCUT2D eigenvalue weighted by atomic mass is 35.5. The Bertz CT molecular complexity index is 799. The summed E-state index contributed by atoms with van der Waals surface area (Å²) in [6, 6.07) is 7.32. The van der Waals surface area contributed by atoms with Crippen LogP contribution in [-0.4, -0.2) is 10.2 Å². The highest BCUT2D eigenvalue weighted by Gasteiger charge is 2.36. The van der Waals surface area contributed by atoms with Crippen LogP contribution < -0.4 is 10.5 Å². The lowest BCUT2D eigenvalue weighted by Crippen LogP contribution is -2.21. The van der Waals surface area contributed by atoms with Crippen molar-refractivity contribution in [3.05, 3.63) is 56.5 Å². The van der Waals surface area contributed by atoms with Crippen LogP contribution in [0.4, 0.5) is 0 Å². The lowest BCUT2D eigenvalue weighted by Gasteiger charge is -2.25. The lowest BCUT2D eigenvalue weighted by atomic mass is 9.83. The molecule has 0 bridgehead atoms. The van der Waals surface area contributed by atoms with Gasteiger partial charge in [0.05, 0.1) is 11.5 Å². The smallest absolute Gasteiger partial charge is 0.244 e. The van der Waals surface area contributed by atoms with Crippen LogP contribution in [0.2, 0.25) is 10.0 Å². The second-order valence-electron chi connectivity index (χ2n) is 4.83. The average Bonchev–Trinajstić information content (AvgIpc) is 2.89. The number of hydrogen-bond donors (Lipinski definition) is 2. The Hall–Kier alpha value is -2.16. The number of nitrogens with two attached hydrogens (primary N) is 1. The molecule has 0 aliphatic carbocycles. The second kappa shape index (κ2) is 5.56. The van der Waals surface area contributed by atoms with E-state index in [0.717, 1.165) is 11.3 Å². The number of halogens is 2. The van der Waals surface area contributed by atoms with E-state index in [0.29, 0.717) is 27.9 Å². The first-order chi connectivity index (χ1) is 10.6. The maximum Gasteiger partial charge on any atom is 0.244 e. The van der Waals surface area contributed by atoms with Gasteiger partial charge in [0.25, 0.3) is 0 Å². The molecule has 0 fully saturated rings. The van der Waals surface area contributed by atoms with Crippen molar-refractivity contribution in [2.75, 3.05) is 0 Å². The number of aryl methyl sites for hydroxylation is 1. The van der Waals surface area contributed by atoms with Gasteiger partial charge >= 0.3 is 0 Å². The number of allylic oxidation sites excluding steroid dienone is 1. The largest absolute Gasteiger partial charge is 0.420 e. The number of H-pyrrole nitrogens is 1. The zero-order valence-corrected chi connectivity index (χ0v) is 13.2. The van der Waals surface area contributed by atoms with Gasteiger partial charge in [-0.1, -0.05) is 36.2 Å². The minimum atomic E-state index is -0.497. The minimum absolute atomic E-state index is 0.0186. The van der Waals surface area contributed by atoms with Crippen molar-refractivity contribution in [2.45, 2.75) is 19.3 Å². The number of hydrogen-bond acceptors (Lipinski definition) is 4. The van der Waals surface area contributed by atoms with E-state index < -0.39 is 5.92 Å². The molecule has 0 amide bonds. The Balaban J connectivity index is 2.33. The Kier molecular flexibility index (Phi) is 3.73. The van der Waals surface area contributed by atoms with Crippen molar-refractivity contribution < 1.29 is 4.74 Å². The fraction of sp³-hybridized carbons (Fsp3) is 0.200. The van der Waals surface area contributed by atoms with Crippen LogP contribution in [0.15, 0.2) is 29.7 Å².